The number of nitrogens with zero attached hydrogens (tertiary/aromatic N) is 1. The summed E-state index contributed by atoms with van der Waals surface area (Å²) in [6, 6.07) is 4.82. The minimum Gasteiger partial charge on any atom is -1.00 e. The number of halogens is 1. The number of nitrogens with two attached hydrogens (primary N) is 1. The molecular weight excluding hydrogens is 302 g/mol. The summed E-state index contributed by atoms with van der Waals surface area (Å²) in [6.45, 7) is 2.50. The van der Waals surface area contributed by atoms with Crippen LogP contribution in [0.4, 0.5) is 5.69 Å². The van der Waals surface area contributed by atoms with Crippen molar-refractivity contribution < 1.29 is 22.1 Å². The quantitative estimate of drug-likeness (QED) is 0.240. The predicted molar refractivity (Wildman–Crippen MR) is 76.7 cm³/mol. The van der Waals surface area contributed by atoms with E-state index < -0.39 is 4.92 Å². The Bertz CT molecular complexity index is 471. The molecule has 1 rings (SSSR count). The Kier molecular flexibility index (Phi) is 8.74. The molecule has 0 saturated heterocycles. The molecule has 0 aliphatic rings. The summed E-state index contributed by atoms with van der Waals surface area (Å²) in [5, 5.41) is 18.1. The molecule has 0 bridgehead atoms. The number of benzene rings is 1. The summed E-state index contributed by atoms with van der Waals surface area (Å²) >= 11 is 1.13. The zero-order valence-electron chi connectivity index (χ0n) is 11.1. The third-order valence-corrected chi connectivity index (χ3v) is 3.16. The number of ether oxygens (including phenoxy) is 1. The van der Waals surface area contributed by atoms with Crippen LogP contribution in [-0.2, 0) is 5.75 Å². The van der Waals surface area contributed by atoms with Crippen molar-refractivity contribution in [1.82, 2.24) is 0 Å². The maximum atomic E-state index is 11.0. The van der Waals surface area contributed by atoms with Crippen molar-refractivity contribution in [3.63, 3.8) is 0 Å². The molecule has 0 heterocycles. The second-order valence-corrected chi connectivity index (χ2v) is 4.93. The monoisotopic (exact) mass is 318 g/mol. The van der Waals surface area contributed by atoms with Gasteiger partial charge in [0.15, 0.2) is 10.9 Å². The van der Waals surface area contributed by atoms with E-state index in [1.807, 2.05) is 6.92 Å². The van der Waals surface area contributed by atoms with E-state index in [4.69, 9.17) is 15.9 Å². The van der Waals surface area contributed by atoms with Crippen LogP contribution in [-0.4, -0.2) is 16.7 Å². The van der Waals surface area contributed by atoms with Crippen molar-refractivity contribution in [2.75, 3.05) is 6.61 Å². The van der Waals surface area contributed by atoms with Gasteiger partial charge in [0.25, 0.3) is 0 Å². The van der Waals surface area contributed by atoms with Crippen molar-refractivity contribution in [3.05, 3.63) is 33.9 Å². The number of nitro groups is 1. The third kappa shape index (κ3) is 6.12. The van der Waals surface area contributed by atoms with Crippen molar-refractivity contribution in [2.45, 2.75) is 25.5 Å². The number of nitro benzene ring substituents is 1. The molecule has 112 valence electrons. The van der Waals surface area contributed by atoms with Crippen LogP contribution in [0.2, 0.25) is 0 Å². The van der Waals surface area contributed by atoms with Crippen LogP contribution in [0.3, 0.4) is 0 Å². The first-order chi connectivity index (χ1) is 9.04. The summed E-state index contributed by atoms with van der Waals surface area (Å²) in [6.07, 6.45) is 1.83. The highest BCUT2D eigenvalue weighted by atomic mass is 35.5. The number of unbranched alkanes of at least 4 members (excludes halogenated alkanes) is 1. The SMILES string of the molecule is CCCCOc1ccc(CSC(=N)N)cc1[N+](=O)[O-].[Cl-]. The summed E-state index contributed by atoms with van der Waals surface area (Å²) in [5.74, 6) is 0.723. The van der Waals surface area contributed by atoms with E-state index in [-0.39, 0.29) is 29.0 Å². The van der Waals surface area contributed by atoms with E-state index in [0.717, 1.165) is 30.2 Å². The van der Waals surface area contributed by atoms with Gasteiger partial charge in [-0.25, -0.2) is 0 Å². The molecule has 0 aromatic heterocycles. The Hall–Kier alpha value is -1.47. The van der Waals surface area contributed by atoms with Crippen molar-refractivity contribution >= 4 is 22.6 Å². The Morgan fingerprint density at radius 1 is 1.55 bits per heavy atom. The molecule has 0 atom stereocenters. The fourth-order valence-electron chi connectivity index (χ4n) is 1.41. The minimum atomic E-state index is -0.455. The Labute approximate surface area is 128 Å². The lowest BCUT2D eigenvalue weighted by Crippen LogP contribution is -3.00. The maximum absolute atomic E-state index is 11.0. The van der Waals surface area contributed by atoms with Gasteiger partial charge in [0.2, 0.25) is 0 Å². The lowest BCUT2D eigenvalue weighted by atomic mass is 10.2. The van der Waals surface area contributed by atoms with Crippen LogP contribution in [0.1, 0.15) is 25.3 Å². The summed E-state index contributed by atoms with van der Waals surface area (Å²) in [7, 11) is 0. The van der Waals surface area contributed by atoms with Gasteiger partial charge in [-0.3, -0.25) is 15.5 Å². The fraction of sp³-hybridized carbons (Fsp3) is 0.417. The van der Waals surface area contributed by atoms with Crippen LogP contribution >= 0.6 is 11.8 Å². The molecule has 1 aromatic rings. The first-order valence-electron chi connectivity index (χ1n) is 5.91. The molecule has 20 heavy (non-hydrogen) atoms. The zero-order valence-corrected chi connectivity index (χ0v) is 12.7. The summed E-state index contributed by atoms with van der Waals surface area (Å²) in [5.41, 5.74) is 5.94. The second kappa shape index (κ2) is 9.44. The second-order valence-electron chi connectivity index (χ2n) is 3.91. The molecule has 0 radical (unpaired) electrons. The molecule has 0 amide bonds. The van der Waals surface area contributed by atoms with Crippen molar-refractivity contribution in [3.8, 4) is 5.75 Å². The van der Waals surface area contributed by atoms with Gasteiger partial charge >= 0.3 is 5.69 Å². The first kappa shape index (κ1) is 18.5. The van der Waals surface area contributed by atoms with Gasteiger partial charge in [0, 0.05) is 11.8 Å². The van der Waals surface area contributed by atoms with Crippen molar-refractivity contribution in [2.24, 2.45) is 5.73 Å². The third-order valence-electron chi connectivity index (χ3n) is 2.37. The van der Waals surface area contributed by atoms with Gasteiger partial charge in [-0.05, 0) is 18.1 Å². The topological polar surface area (TPSA) is 102 Å². The molecule has 0 unspecified atom stereocenters. The van der Waals surface area contributed by atoms with Gasteiger partial charge < -0.3 is 22.9 Å². The van der Waals surface area contributed by atoms with Gasteiger partial charge in [0.1, 0.15) is 0 Å². The molecule has 0 saturated carbocycles. The standard InChI is InChI=1S/C12H17N3O3S.ClH/c1-2-3-6-18-11-5-4-9(8-19-12(13)14)7-10(11)15(16)17;/h4-5,7H,2-3,6,8H2,1H3,(H3,13,14);1H/p-1. The van der Waals surface area contributed by atoms with E-state index in [1.165, 1.54) is 6.07 Å². The fourth-order valence-corrected chi connectivity index (χ4v) is 1.91. The average Bonchev–Trinajstić information content (AvgIpc) is 2.37. The minimum absolute atomic E-state index is 0. The molecule has 3 N–H and O–H groups in total. The van der Waals surface area contributed by atoms with Gasteiger partial charge in [-0.1, -0.05) is 31.2 Å². The Balaban J connectivity index is 0.00000361. The summed E-state index contributed by atoms with van der Waals surface area (Å²) in [4.78, 5) is 10.5. The largest absolute Gasteiger partial charge is 1.00 e. The lowest BCUT2D eigenvalue weighted by Gasteiger charge is -2.07. The van der Waals surface area contributed by atoms with Gasteiger partial charge in [-0.2, -0.15) is 0 Å². The molecule has 8 heteroatoms. The van der Waals surface area contributed by atoms with Crippen LogP contribution in [0.25, 0.3) is 0 Å². The Morgan fingerprint density at radius 2 is 2.25 bits per heavy atom. The van der Waals surface area contributed by atoms with Crippen LogP contribution in [0, 0.1) is 15.5 Å². The van der Waals surface area contributed by atoms with E-state index in [2.05, 4.69) is 0 Å². The molecule has 0 aliphatic heterocycles. The molecular formula is C12H17ClN3O3S-. The number of rotatable bonds is 7. The molecule has 0 spiro atoms. The van der Waals surface area contributed by atoms with Crippen LogP contribution < -0.4 is 22.9 Å². The van der Waals surface area contributed by atoms with Crippen LogP contribution in [0.15, 0.2) is 18.2 Å². The number of hydrogen-bond acceptors (Lipinski definition) is 5. The predicted octanol–water partition coefficient (Wildman–Crippen LogP) is -0.0956. The van der Waals surface area contributed by atoms with E-state index in [0.29, 0.717) is 12.4 Å². The van der Waals surface area contributed by atoms with E-state index in [1.54, 1.807) is 12.1 Å². The molecule has 0 aliphatic carbocycles. The normalized spacial score (nSPS) is 9.65. The maximum Gasteiger partial charge on any atom is 0.311 e. The number of hydrogen-bond donors (Lipinski definition) is 2. The van der Waals surface area contributed by atoms with Gasteiger partial charge in [-0.15, -0.1) is 0 Å². The van der Waals surface area contributed by atoms with Crippen LogP contribution in [0.5, 0.6) is 5.75 Å². The zero-order chi connectivity index (χ0) is 14.3. The summed E-state index contributed by atoms with van der Waals surface area (Å²) < 4.78 is 5.40. The number of amidine groups is 1. The Morgan fingerprint density at radius 3 is 2.80 bits per heavy atom. The number of thioether (sulfide) groups is 1. The van der Waals surface area contributed by atoms with E-state index >= 15 is 0 Å². The number of nitrogens with one attached hydrogen (secondary N) is 1. The average molecular weight is 319 g/mol. The molecule has 1 aromatic carbocycles. The van der Waals surface area contributed by atoms with Crippen molar-refractivity contribution in [1.29, 1.82) is 5.41 Å². The highest BCUT2D eigenvalue weighted by Gasteiger charge is 2.16. The van der Waals surface area contributed by atoms with Gasteiger partial charge in [0.05, 0.1) is 11.5 Å². The highest BCUT2D eigenvalue weighted by Crippen LogP contribution is 2.29. The highest BCUT2D eigenvalue weighted by molar-refractivity contribution is 8.13. The smallest absolute Gasteiger partial charge is 0.311 e. The molecule has 0 fully saturated rings. The van der Waals surface area contributed by atoms with E-state index in [9.17, 15) is 10.1 Å². The lowest BCUT2D eigenvalue weighted by molar-refractivity contribution is -0.385. The molecule has 6 nitrogen and oxygen atoms in total. The first-order valence-corrected chi connectivity index (χ1v) is 6.90.